The van der Waals surface area contributed by atoms with Crippen LogP contribution in [0, 0.1) is 5.92 Å². The number of nitrogens with one attached hydrogen (secondary N) is 2. The van der Waals surface area contributed by atoms with Crippen molar-refractivity contribution in [2.24, 2.45) is 10.9 Å². The van der Waals surface area contributed by atoms with Gasteiger partial charge in [0.25, 0.3) is 0 Å². The lowest BCUT2D eigenvalue weighted by Crippen LogP contribution is -2.46. The van der Waals surface area contributed by atoms with E-state index in [1.165, 1.54) is 4.88 Å². The molecule has 2 atom stereocenters. The molecule has 5 nitrogen and oxygen atoms in total. The lowest BCUT2D eigenvalue weighted by molar-refractivity contribution is -0.129. The number of nitrogens with zero attached hydrogens (tertiary/aromatic N) is 2. The zero-order valence-electron chi connectivity index (χ0n) is 14.7. The number of carbonyl (C=O) groups excluding carboxylic acids is 1. The Morgan fingerprint density at radius 2 is 2.33 bits per heavy atom. The van der Waals surface area contributed by atoms with Crippen LogP contribution in [0.1, 0.15) is 31.6 Å². The van der Waals surface area contributed by atoms with Gasteiger partial charge in [0.15, 0.2) is 5.96 Å². The highest BCUT2D eigenvalue weighted by molar-refractivity contribution is 14.0. The second-order valence-corrected chi connectivity index (χ2v) is 7.20. The zero-order chi connectivity index (χ0) is 16.7. The summed E-state index contributed by atoms with van der Waals surface area (Å²) in [5.41, 5.74) is 0. The molecular formula is C17H29IN4OS. The van der Waals surface area contributed by atoms with Crippen molar-refractivity contribution >= 4 is 47.2 Å². The molecule has 0 aromatic carbocycles. The smallest absolute Gasteiger partial charge is 0.222 e. The Kier molecular flexibility index (Phi) is 9.65. The number of hydrogen-bond acceptors (Lipinski definition) is 3. The van der Waals surface area contributed by atoms with E-state index in [-0.39, 0.29) is 29.9 Å². The second kappa shape index (κ2) is 10.9. The van der Waals surface area contributed by atoms with Gasteiger partial charge in [0.05, 0.1) is 0 Å². The number of amides is 1. The van der Waals surface area contributed by atoms with Crippen molar-refractivity contribution in [3.63, 3.8) is 0 Å². The molecule has 2 unspecified atom stereocenters. The first-order valence-corrected chi connectivity index (χ1v) is 9.27. The van der Waals surface area contributed by atoms with Crippen molar-refractivity contribution in [2.75, 3.05) is 26.7 Å². The summed E-state index contributed by atoms with van der Waals surface area (Å²) in [5, 5.41) is 8.97. The van der Waals surface area contributed by atoms with Gasteiger partial charge in [0.2, 0.25) is 5.91 Å². The Balaban J connectivity index is 0.00000288. The Morgan fingerprint density at radius 1 is 1.54 bits per heavy atom. The fourth-order valence-corrected chi connectivity index (χ4v) is 3.70. The predicted octanol–water partition coefficient (Wildman–Crippen LogP) is 2.72. The van der Waals surface area contributed by atoms with Crippen LogP contribution in [0.15, 0.2) is 22.5 Å². The largest absolute Gasteiger partial charge is 0.356 e. The Morgan fingerprint density at radius 3 is 2.96 bits per heavy atom. The van der Waals surface area contributed by atoms with Crippen LogP contribution in [-0.4, -0.2) is 49.5 Å². The standard InChI is InChI=1S/C17H28N4OS.HI/c1-4-16(22)21-8-7-14(12-21)20-17(18-3)19-11-13(2)10-15-6-5-9-23-15;/h5-6,9,13-14H,4,7-8,10-12H2,1-3H3,(H2,18,19,20);1H. The normalized spacial score (nSPS) is 18.9. The number of rotatable bonds is 6. The van der Waals surface area contributed by atoms with Gasteiger partial charge in [0.1, 0.15) is 0 Å². The molecule has 0 radical (unpaired) electrons. The molecule has 0 spiro atoms. The number of likely N-dealkylation sites (tertiary alicyclic amines) is 1. The van der Waals surface area contributed by atoms with Gasteiger partial charge in [-0.3, -0.25) is 9.79 Å². The van der Waals surface area contributed by atoms with Crippen LogP contribution in [0.2, 0.25) is 0 Å². The minimum atomic E-state index is 0. The lowest BCUT2D eigenvalue weighted by Gasteiger charge is -2.20. The third-order valence-electron chi connectivity index (χ3n) is 4.16. The van der Waals surface area contributed by atoms with E-state index in [2.05, 4.69) is 40.1 Å². The molecule has 2 N–H and O–H groups in total. The third-order valence-corrected chi connectivity index (χ3v) is 5.05. The molecule has 1 aromatic heterocycles. The van der Waals surface area contributed by atoms with E-state index in [4.69, 9.17) is 0 Å². The maximum atomic E-state index is 11.7. The molecule has 2 heterocycles. The van der Waals surface area contributed by atoms with E-state index in [9.17, 15) is 4.79 Å². The van der Waals surface area contributed by atoms with Crippen molar-refractivity contribution in [2.45, 2.75) is 39.2 Å². The average Bonchev–Trinajstić information content (AvgIpc) is 3.22. The number of carbonyl (C=O) groups is 1. The Labute approximate surface area is 166 Å². The summed E-state index contributed by atoms with van der Waals surface area (Å²) in [6, 6.07) is 4.58. The van der Waals surface area contributed by atoms with Crippen LogP contribution < -0.4 is 10.6 Å². The molecule has 136 valence electrons. The Hall–Kier alpha value is -0.830. The number of hydrogen-bond donors (Lipinski definition) is 2. The molecule has 1 saturated heterocycles. The summed E-state index contributed by atoms with van der Waals surface area (Å²) in [6.45, 7) is 6.67. The number of guanidine groups is 1. The maximum absolute atomic E-state index is 11.7. The molecule has 1 amide bonds. The summed E-state index contributed by atoms with van der Waals surface area (Å²) in [7, 11) is 1.79. The quantitative estimate of drug-likeness (QED) is 0.387. The maximum Gasteiger partial charge on any atom is 0.222 e. The van der Waals surface area contributed by atoms with Crippen molar-refractivity contribution in [3.8, 4) is 0 Å². The van der Waals surface area contributed by atoms with Crippen molar-refractivity contribution in [1.82, 2.24) is 15.5 Å². The third kappa shape index (κ3) is 6.58. The van der Waals surface area contributed by atoms with Crippen molar-refractivity contribution in [3.05, 3.63) is 22.4 Å². The van der Waals surface area contributed by atoms with Crippen LogP contribution in [0.4, 0.5) is 0 Å². The molecule has 1 aromatic rings. The predicted molar refractivity (Wildman–Crippen MR) is 112 cm³/mol. The monoisotopic (exact) mass is 464 g/mol. The van der Waals surface area contributed by atoms with E-state index >= 15 is 0 Å². The lowest BCUT2D eigenvalue weighted by atomic mass is 10.1. The first-order chi connectivity index (χ1) is 11.1. The molecule has 1 fully saturated rings. The molecule has 1 aliphatic heterocycles. The first kappa shape index (κ1) is 21.2. The first-order valence-electron chi connectivity index (χ1n) is 8.39. The van der Waals surface area contributed by atoms with Crippen molar-refractivity contribution < 1.29 is 4.79 Å². The minimum Gasteiger partial charge on any atom is -0.356 e. The van der Waals surface area contributed by atoms with Crippen LogP contribution in [0.5, 0.6) is 0 Å². The van der Waals surface area contributed by atoms with Gasteiger partial charge in [-0.1, -0.05) is 19.9 Å². The van der Waals surface area contributed by atoms with Gasteiger partial charge in [0, 0.05) is 44.0 Å². The van der Waals surface area contributed by atoms with Gasteiger partial charge in [-0.05, 0) is 30.2 Å². The van der Waals surface area contributed by atoms with Gasteiger partial charge in [-0.25, -0.2) is 0 Å². The van der Waals surface area contributed by atoms with E-state index in [0.717, 1.165) is 38.4 Å². The molecule has 1 aliphatic rings. The fourth-order valence-electron chi connectivity index (χ4n) is 2.83. The van der Waals surface area contributed by atoms with E-state index in [1.54, 1.807) is 7.05 Å². The minimum absolute atomic E-state index is 0. The Bertz CT molecular complexity index is 521. The van der Waals surface area contributed by atoms with Gasteiger partial charge < -0.3 is 15.5 Å². The molecule has 24 heavy (non-hydrogen) atoms. The van der Waals surface area contributed by atoms with Crippen LogP contribution in [0.25, 0.3) is 0 Å². The fraction of sp³-hybridized carbons (Fsp3) is 0.647. The molecular weight excluding hydrogens is 435 g/mol. The summed E-state index contributed by atoms with van der Waals surface area (Å²) in [6.07, 6.45) is 2.65. The van der Waals surface area contributed by atoms with Crippen LogP contribution >= 0.6 is 35.3 Å². The highest BCUT2D eigenvalue weighted by Gasteiger charge is 2.25. The average molecular weight is 464 g/mol. The van der Waals surface area contributed by atoms with Crippen molar-refractivity contribution in [1.29, 1.82) is 0 Å². The van der Waals surface area contributed by atoms with Gasteiger partial charge in [-0.2, -0.15) is 0 Å². The number of aliphatic imine (C=N–C) groups is 1. The van der Waals surface area contributed by atoms with Gasteiger partial charge in [-0.15, -0.1) is 35.3 Å². The van der Waals surface area contributed by atoms with E-state index in [1.807, 2.05) is 23.2 Å². The molecule has 2 rings (SSSR count). The summed E-state index contributed by atoms with van der Waals surface area (Å²) in [4.78, 5) is 19.4. The summed E-state index contributed by atoms with van der Waals surface area (Å²) >= 11 is 1.81. The number of thiophene rings is 1. The summed E-state index contributed by atoms with van der Waals surface area (Å²) in [5.74, 6) is 1.62. The van der Waals surface area contributed by atoms with E-state index < -0.39 is 0 Å². The zero-order valence-corrected chi connectivity index (χ0v) is 17.9. The molecule has 0 saturated carbocycles. The highest BCUT2D eigenvalue weighted by atomic mass is 127. The molecule has 0 aliphatic carbocycles. The number of halogens is 1. The van der Waals surface area contributed by atoms with Crippen LogP contribution in [0.3, 0.4) is 0 Å². The molecule has 7 heteroatoms. The van der Waals surface area contributed by atoms with Gasteiger partial charge >= 0.3 is 0 Å². The van der Waals surface area contributed by atoms with Crippen LogP contribution in [-0.2, 0) is 11.2 Å². The highest BCUT2D eigenvalue weighted by Crippen LogP contribution is 2.14. The second-order valence-electron chi connectivity index (χ2n) is 6.17. The topological polar surface area (TPSA) is 56.7 Å². The summed E-state index contributed by atoms with van der Waals surface area (Å²) < 4.78 is 0. The van der Waals surface area contributed by atoms with E-state index in [0.29, 0.717) is 18.4 Å². The molecule has 0 bridgehead atoms. The SMILES string of the molecule is CCC(=O)N1CCC(NC(=NC)NCC(C)Cc2cccs2)C1.I.